The normalized spacial score (nSPS) is 12.7. The van der Waals surface area contributed by atoms with E-state index in [0.717, 1.165) is 16.7 Å². The Morgan fingerprint density at radius 3 is 2.02 bits per heavy atom. The molecule has 0 aliphatic rings. The van der Waals surface area contributed by atoms with Gasteiger partial charge in [-0.15, -0.1) is 13.2 Å². The fraction of sp³-hybridized carbons (Fsp3) is 0.257. The summed E-state index contributed by atoms with van der Waals surface area (Å²) in [5, 5.41) is 5.56. The van der Waals surface area contributed by atoms with Gasteiger partial charge < -0.3 is 15.4 Å². The van der Waals surface area contributed by atoms with E-state index in [-0.39, 0.29) is 40.6 Å². The monoisotopic (exact) mass is 702 g/mol. The number of ether oxygens (including phenoxy) is 1. The van der Waals surface area contributed by atoms with Gasteiger partial charge in [0.1, 0.15) is 5.75 Å². The van der Waals surface area contributed by atoms with Gasteiger partial charge in [0.15, 0.2) is 0 Å². The standard InChI is InChI=1S/C35H34ClF3N2O6S/c1-34(2,3)27-13-8-24(9-14-27)29(20-22-4-6-25(7-5-22)32(42)40-18-19-48(44,45)46)33(43)41-31-17-12-26(21-30(31)36)23-10-15-28(16-11-23)47-35(37,38)39/h4-17,21,29H,18-20H2,1-3H3,(H,40,42)(H,41,43)(H,44,45,46). The number of halogens is 4. The first kappa shape index (κ1) is 36.4. The van der Waals surface area contributed by atoms with E-state index in [1.54, 1.807) is 42.5 Å². The molecule has 4 aromatic carbocycles. The highest BCUT2D eigenvalue weighted by Crippen LogP contribution is 2.33. The van der Waals surface area contributed by atoms with Crippen molar-refractivity contribution in [3.63, 3.8) is 0 Å². The zero-order valence-electron chi connectivity index (χ0n) is 26.3. The zero-order valence-corrected chi connectivity index (χ0v) is 27.8. The Morgan fingerprint density at radius 2 is 1.48 bits per heavy atom. The predicted octanol–water partition coefficient (Wildman–Crippen LogP) is 7.79. The number of hydrogen-bond acceptors (Lipinski definition) is 5. The molecule has 0 spiro atoms. The minimum absolute atomic E-state index is 0.102. The summed E-state index contributed by atoms with van der Waals surface area (Å²) in [6.45, 7) is 6.01. The van der Waals surface area contributed by atoms with Gasteiger partial charge in [-0.05, 0) is 76.1 Å². The lowest BCUT2D eigenvalue weighted by Gasteiger charge is -2.22. The number of carbonyl (C=O) groups is 2. The van der Waals surface area contributed by atoms with Crippen molar-refractivity contribution in [3.8, 4) is 16.9 Å². The van der Waals surface area contributed by atoms with Crippen LogP contribution in [0.1, 0.15) is 53.7 Å². The molecule has 0 bridgehead atoms. The lowest BCUT2D eigenvalue weighted by Crippen LogP contribution is -2.28. The van der Waals surface area contributed by atoms with Crippen LogP contribution in [-0.2, 0) is 26.7 Å². The lowest BCUT2D eigenvalue weighted by atomic mass is 9.84. The summed E-state index contributed by atoms with van der Waals surface area (Å²) in [5.74, 6) is -2.47. The average Bonchev–Trinajstić information content (AvgIpc) is 2.99. The molecule has 0 aliphatic carbocycles. The number of amides is 2. The summed E-state index contributed by atoms with van der Waals surface area (Å²) in [4.78, 5) is 26.2. The van der Waals surface area contributed by atoms with Crippen molar-refractivity contribution in [2.24, 2.45) is 0 Å². The molecule has 0 radical (unpaired) electrons. The molecule has 3 N–H and O–H groups in total. The highest BCUT2D eigenvalue weighted by atomic mass is 35.5. The smallest absolute Gasteiger partial charge is 0.406 e. The third kappa shape index (κ3) is 10.6. The number of nitrogens with one attached hydrogen (secondary N) is 2. The topological polar surface area (TPSA) is 122 Å². The Balaban J connectivity index is 1.53. The van der Waals surface area contributed by atoms with Gasteiger partial charge in [-0.1, -0.05) is 87.0 Å². The fourth-order valence-corrected chi connectivity index (χ4v) is 5.45. The maximum Gasteiger partial charge on any atom is 0.573 e. The molecule has 1 atom stereocenters. The highest BCUT2D eigenvalue weighted by molar-refractivity contribution is 7.85. The van der Waals surface area contributed by atoms with Crippen LogP contribution in [0.25, 0.3) is 11.1 Å². The molecule has 0 saturated heterocycles. The Bertz CT molecular complexity index is 1860. The summed E-state index contributed by atoms with van der Waals surface area (Å²) in [6, 6.07) is 24.5. The minimum atomic E-state index is -4.80. The van der Waals surface area contributed by atoms with E-state index in [0.29, 0.717) is 16.8 Å². The van der Waals surface area contributed by atoms with Gasteiger partial charge in [-0.25, -0.2) is 0 Å². The van der Waals surface area contributed by atoms with Gasteiger partial charge in [0.2, 0.25) is 5.91 Å². The second-order valence-corrected chi connectivity index (χ2v) is 14.1. The third-order valence-electron chi connectivity index (χ3n) is 7.45. The van der Waals surface area contributed by atoms with Gasteiger partial charge in [0.05, 0.1) is 22.4 Å². The first-order chi connectivity index (χ1) is 22.4. The van der Waals surface area contributed by atoms with E-state index in [1.807, 2.05) is 24.3 Å². The van der Waals surface area contributed by atoms with Crippen molar-refractivity contribution in [1.82, 2.24) is 5.32 Å². The maximum atomic E-state index is 13.8. The van der Waals surface area contributed by atoms with Crippen LogP contribution in [0.15, 0.2) is 91.0 Å². The summed E-state index contributed by atoms with van der Waals surface area (Å²) < 4.78 is 72.2. The average molecular weight is 703 g/mol. The molecule has 0 saturated carbocycles. The lowest BCUT2D eigenvalue weighted by molar-refractivity contribution is -0.274. The molecule has 4 aromatic rings. The number of alkyl halides is 3. The minimum Gasteiger partial charge on any atom is -0.406 e. The molecule has 0 fully saturated rings. The molecule has 8 nitrogen and oxygen atoms in total. The van der Waals surface area contributed by atoms with E-state index in [4.69, 9.17) is 16.2 Å². The Morgan fingerprint density at radius 1 is 0.875 bits per heavy atom. The van der Waals surface area contributed by atoms with E-state index in [2.05, 4.69) is 36.1 Å². The van der Waals surface area contributed by atoms with Crippen LogP contribution < -0.4 is 15.4 Å². The Labute approximate surface area is 282 Å². The molecule has 1 unspecified atom stereocenters. The quantitative estimate of drug-likeness (QED) is 0.137. The Hall–Kier alpha value is -4.39. The Kier molecular flexibility index (Phi) is 11.2. The number of hydrogen-bond donors (Lipinski definition) is 3. The van der Waals surface area contributed by atoms with Crippen molar-refractivity contribution >= 4 is 39.2 Å². The second kappa shape index (κ2) is 14.8. The summed E-state index contributed by atoms with van der Waals surface area (Å²) in [7, 11) is -4.21. The molecule has 254 valence electrons. The van der Waals surface area contributed by atoms with Crippen LogP contribution in [0.5, 0.6) is 5.75 Å². The van der Waals surface area contributed by atoms with Gasteiger partial charge in [0, 0.05) is 12.1 Å². The van der Waals surface area contributed by atoms with Crippen molar-refractivity contribution < 1.29 is 40.5 Å². The van der Waals surface area contributed by atoms with Crippen LogP contribution in [0, 0.1) is 0 Å². The first-order valence-corrected chi connectivity index (χ1v) is 16.8. The molecule has 0 aromatic heterocycles. The molecule has 48 heavy (non-hydrogen) atoms. The number of benzene rings is 4. The highest BCUT2D eigenvalue weighted by Gasteiger charge is 2.31. The summed E-state index contributed by atoms with van der Waals surface area (Å²) >= 11 is 6.56. The van der Waals surface area contributed by atoms with E-state index < -0.39 is 34.1 Å². The van der Waals surface area contributed by atoms with Crippen molar-refractivity contribution in [2.45, 2.75) is 44.9 Å². The zero-order chi connectivity index (χ0) is 35.3. The number of anilines is 1. The van der Waals surface area contributed by atoms with Crippen LogP contribution >= 0.6 is 11.6 Å². The molecule has 2 amide bonds. The molecule has 13 heteroatoms. The largest absolute Gasteiger partial charge is 0.573 e. The molecule has 4 rings (SSSR count). The van der Waals surface area contributed by atoms with Gasteiger partial charge in [0.25, 0.3) is 16.0 Å². The SMILES string of the molecule is CC(C)(C)c1ccc(C(Cc2ccc(C(=O)NCCS(=O)(=O)O)cc2)C(=O)Nc2ccc(-c3ccc(OC(F)(F)F)cc3)cc2Cl)cc1. The summed E-state index contributed by atoms with van der Waals surface area (Å²) in [6.07, 6.45) is -4.53. The fourth-order valence-electron chi connectivity index (χ4n) is 4.87. The van der Waals surface area contributed by atoms with Crippen molar-refractivity contribution in [2.75, 3.05) is 17.6 Å². The maximum absolute atomic E-state index is 13.8. The first-order valence-electron chi connectivity index (χ1n) is 14.8. The van der Waals surface area contributed by atoms with Gasteiger partial charge in [-0.3, -0.25) is 14.1 Å². The molecule has 0 heterocycles. The van der Waals surface area contributed by atoms with Gasteiger partial charge >= 0.3 is 6.36 Å². The van der Waals surface area contributed by atoms with E-state index in [9.17, 15) is 31.2 Å². The van der Waals surface area contributed by atoms with Crippen LogP contribution in [0.2, 0.25) is 5.02 Å². The van der Waals surface area contributed by atoms with Crippen LogP contribution in [0.4, 0.5) is 18.9 Å². The van der Waals surface area contributed by atoms with Crippen molar-refractivity contribution in [3.05, 3.63) is 118 Å². The third-order valence-corrected chi connectivity index (χ3v) is 8.48. The number of carbonyl (C=O) groups excluding carboxylic acids is 2. The summed E-state index contributed by atoms with van der Waals surface area (Å²) in [5.41, 5.74) is 4.32. The van der Waals surface area contributed by atoms with Crippen LogP contribution in [-0.4, -0.2) is 43.4 Å². The van der Waals surface area contributed by atoms with E-state index >= 15 is 0 Å². The molecule has 0 aliphatic heterocycles. The van der Waals surface area contributed by atoms with Crippen LogP contribution in [0.3, 0.4) is 0 Å². The molecular weight excluding hydrogens is 669 g/mol. The predicted molar refractivity (Wildman–Crippen MR) is 179 cm³/mol. The second-order valence-electron chi connectivity index (χ2n) is 12.1. The van der Waals surface area contributed by atoms with Crippen molar-refractivity contribution in [1.29, 1.82) is 0 Å². The number of rotatable bonds is 11. The molecular formula is C35H34ClF3N2O6S. The van der Waals surface area contributed by atoms with E-state index in [1.165, 1.54) is 24.3 Å². The van der Waals surface area contributed by atoms with Gasteiger partial charge in [-0.2, -0.15) is 8.42 Å².